The number of carbonyl (C=O) groups excluding carboxylic acids is 1. The number of hydrogen-bond acceptors (Lipinski definition) is 5. The van der Waals surface area contributed by atoms with Gasteiger partial charge in [0.1, 0.15) is 5.60 Å². The molecule has 0 aliphatic carbocycles. The zero-order chi connectivity index (χ0) is 20.2. The quantitative estimate of drug-likeness (QED) is 0.543. The van der Waals surface area contributed by atoms with Crippen molar-refractivity contribution in [1.29, 1.82) is 0 Å². The molecular weight excluding hydrogens is 356 g/mol. The molecule has 152 valence electrons. The fourth-order valence-electron chi connectivity index (χ4n) is 2.14. The third-order valence-electron chi connectivity index (χ3n) is 3.78. The van der Waals surface area contributed by atoms with Crippen LogP contribution in [0.15, 0.2) is 4.99 Å². The van der Waals surface area contributed by atoms with E-state index in [9.17, 15) is 13.2 Å². The SMILES string of the molecule is CCNC(=NCCS(=O)(=O)C(C)(C)C)NC1CN(C(=O)OC(C)(C)C)C1. The summed E-state index contributed by atoms with van der Waals surface area (Å²) >= 11 is 0. The number of amides is 1. The van der Waals surface area contributed by atoms with E-state index in [0.29, 0.717) is 25.6 Å². The first-order valence-corrected chi connectivity index (χ1v) is 10.7. The number of nitrogens with zero attached hydrogens (tertiary/aromatic N) is 2. The van der Waals surface area contributed by atoms with Gasteiger partial charge in [-0.25, -0.2) is 13.2 Å². The monoisotopic (exact) mass is 390 g/mol. The van der Waals surface area contributed by atoms with Crippen LogP contribution in [0, 0.1) is 0 Å². The van der Waals surface area contributed by atoms with E-state index in [1.54, 1.807) is 25.7 Å². The van der Waals surface area contributed by atoms with E-state index < -0.39 is 20.2 Å². The minimum absolute atomic E-state index is 0.00176. The summed E-state index contributed by atoms with van der Waals surface area (Å²) in [7, 11) is -3.20. The van der Waals surface area contributed by atoms with Gasteiger partial charge in [-0.3, -0.25) is 4.99 Å². The van der Waals surface area contributed by atoms with Gasteiger partial charge in [-0.05, 0) is 48.5 Å². The maximum atomic E-state index is 12.1. The van der Waals surface area contributed by atoms with Gasteiger partial charge in [-0.1, -0.05) is 0 Å². The Bertz CT molecular complexity index is 612. The number of ether oxygens (including phenoxy) is 1. The number of likely N-dealkylation sites (tertiary alicyclic amines) is 1. The highest BCUT2D eigenvalue weighted by atomic mass is 32.2. The molecule has 1 amide bonds. The summed E-state index contributed by atoms with van der Waals surface area (Å²) < 4.78 is 28.8. The van der Waals surface area contributed by atoms with Crippen molar-refractivity contribution in [2.45, 2.75) is 64.9 Å². The summed E-state index contributed by atoms with van der Waals surface area (Å²) in [6, 6.07) is 0.0690. The first-order valence-electron chi connectivity index (χ1n) is 9.00. The lowest BCUT2D eigenvalue weighted by Gasteiger charge is -2.40. The van der Waals surface area contributed by atoms with Gasteiger partial charge >= 0.3 is 6.09 Å². The third-order valence-corrected chi connectivity index (χ3v) is 6.37. The van der Waals surface area contributed by atoms with E-state index in [-0.39, 0.29) is 24.4 Å². The van der Waals surface area contributed by atoms with Gasteiger partial charge in [0.15, 0.2) is 15.8 Å². The number of carbonyl (C=O) groups is 1. The van der Waals surface area contributed by atoms with Gasteiger partial charge in [0.2, 0.25) is 0 Å². The molecule has 0 spiro atoms. The van der Waals surface area contributed by atoms with Gasteiger partial charge < -0.3 is 20.3 Å². The lowest BCUT2D eigenvalue weighted by atomic mass is 10.1. The molecule has 1 fully saturated rings. The predicted octanol–water partition coefficient (Wildman–Crippen LogP) is 1.37. The highest BCUT2D eigenvalue weighted by Gasteiger charge is 2.34. The Labute approximate surface area is 157 Å². The van der Waals surface area contributed by atoms with Crippen molar-refractivity contribution >= 4 is 21.9 Å². The summed E-state index contributed by atoms with van der Waals surface area (Å²) in [5.41, 5.74) is -0.509. The van der Waals surface area contributed by atoms with Crippen molar-refractivity contribution in [1.82, 2.24) is 15.5 Å². The highest BCUT2D eigenvalue weighted by Crippen LogP contribution is 2.16. The zero-order valence-electron chi connectivity index (χ0n) is 17.0. The van der Waals surface area contributed by atoms with Crippen LogP contribution in [0.2, 0.25) is 0 Å². The van der Waals surface area contributed by atoms with Crippen LogP contribution in [-0.4, -0.2) is 73.7 Å². The number of rotatable bonds is 5. The number of hydrogen-bond donors (Lipinski definition) is 2. The molecule has 9 heteroatoms. The van der Waals surface area contributed by atoms with Crippen LogP contribution in [0.1, 0.15) is 48.5 Å². The summed E-state index contributed by atoms with van der Waals surface area (Å²) in [6.07, 6.45) is -0.325. The molecule has 1 saturated heterocycles. The molecule has 26 heavy (non-hydrogen) atoms. The molecule has 1 aliphatic heterocycles. The van der Waals surface area contributed by atoms with Crippen molar-refractivity contribution in [3.8, 4) is 0 Å². The normalized spacial score (nSPS) is 16.9. The smallest absolute Gasteiger partial charge is 0.410 e. The van der Waals surface area contributed by atoms with Crippen LogP contribution in [0.3, 0.4) is 0 Å². The molecule has 0 bridgehead atoms. The van der Waals surface area contributed by atoms with E-state index in [1.165, 1.54) is 0 Å². The van der Waals surface area contributed by atoms with E-state index in [4.69, 9.17) is 4.74 Å². The second-order valence-electron chi connectivity index (χ2n) is 8.42. The second-order valence-corrected chi connectivity index (χ2v) is 11.3. The Kier molecular flexibility index (Phi) is 7.33. The topological polar surface area (TPSA) is 100 Å². The Hall–Kier alpha value is -1.51. The van der Waals surface area contributed by atoms with Crippen LogP contribution in [0.5, 0.6) is 0 Å². The van der Waals surface area contributed by atoms with E-state index in [2.05, 4.69) is 15.6 Å². The lowest BCUT2D eigenvalue weighted by molar-refractivity contribution is 0.00700. The van der Waals surface area contributed by atoms with Crippen molar-refractivity contribution in [2.75, 3.05) is 31.9 Å². The average molecular weight is 391 g/mol. The second kappa shape index (κ2) is 8.45. The Morgan fingerprint density at radius 3 is 2.23 bits per heavy atom. The molecule has 1 heterocycles. The number of nitrogens with one attached hydrogen (secondary N) is 2. The largest absolute Gasteiger partial charge is 0.444 e. The maximum absolute atomic E-state index is 12.1. The summed E-state index contributed by atoms with van der Waals surface area (Å²) in [4.78, 5) is 17.9. The van der Waals surface area contributed by atoms with Gasteiger partial charge in [0.25, 0.3) is 0 Å². The minimum Gasteiger partial charge on any atom is -0.444 e. The molecule has 1 rings (SSSR count). The van der Waals surface area contributed by atoms with Gasteiger partial charge in [-0.2, -0.15) is 0 Å². The lowest BCUT2D eigenvalue weighted by Crippen LogP contribution is -2.63. The molecular formula is C17H34N4O4S. The van der Waals surface area contributed by atoms with Crippen LogP contribution >= 0.6 is 0 Å². The summed E-state index contributed by atoms with van der Waals surface area (Å²) in [5.74, 6) is 0.562. The highest BCUT2D eigenvalue weighted by molar-refractivity contribution is 7.92. The van der Waals surface area contributed by atoms with Gasteiger partial charge in [0.05, 0.1) is 23.1 Å². The first kappa shape index (κ1) is 22.5. The number of sulfone groups is 1. The Balaban J connectivity index is 2.51. The third kappa shape index (κ3) is 7.01. The summed E-state index contributed by atoms with van der Waals surface area (Å²) in [5, 5.41) is 6.32. The summed E-state index contributed by atoms with van der Waals surface area (Å²) in [6.45, 7) is 14.4. The van der Waals surface area contributed by atoms with Crippen molar-refractivity contribution in [3.63, 3.8) is 0 Å². The molecule has 0 atom stereocenters. The fraction of sp³-hybridized carbons (Fsp3) is 0.882. The van der Waals surface area contributed by atoms with Crippen LogP contribution in [-0.2, 0) is 14.6 Å². The molecule has 1 aliphatic rings. The number of aliphatic imine (C=N–C) groups is 1. The number of guanidine groups is 1. The van der Waals surface area contributed by atoms with E-state index >= 15 is 0 Å². The predicted molar refractivity (Wildman–Crippen MR) is 104 cm³/mol. The molecule has 0 unspecified atom stereocenters. The van der Waals surface area contributed by atoms with Crippen molar-refractivity contribution in [2.24, 2.45) is 4.99 Å². The molecule has 8 nitrogen and oxygen atoms in total. The fourth-order valence-corrected chi connectivity index (χ4v) is 3.09. The van der Waals surface area contributed by atoms with Crippen molar-refractivity contribution in [3.05, 3.63) is 0 Å². The average Bonchev–Trinajstić information content (AvgIpc) is 2.38. The Morgan fingerprint density at radius 2 is 1.77 bits per heavy atom. The Morgan fingerprint density at radius 1 is 1.19 bits per heavy atom. The van der Waals surface area contributed by atoms with Crippen LogP contribution in [0.25, 0.3) is 0 Å². The van der Waals surface area contributed by atoms with E-state index in [0.717, 1.165) is 0 Å². The van der Waals surface area contributed by atoms with Gasteiger partial charge in [-0.15, -0.1) is 0 Å². The van der Waals surface area contributed by atoms with Crippen LogP contribution in [0.4, 0.5) is 4.79 Å². The maximum Gasteiger partial charge on any atom is 0.410 e. The first-order chi connectivity index (χ1) is 11.7. The zero-order valence-corrected chi connectivity index (χ0v) is 17.9. The molecule has 0 aromatic carbocycles. The van der Waals surface area contributed by atoms with Gasteiger partial charge in [0, 0.05) is 19.6 Å². The molecule has 0 radical (unpaired) electrons. The molecule has 0 aromatic heterocycles. The molecule has 0 saturated carbocycles. The van der Waals surface area contributed by atoms with Crippen LogP contribution < -0.4 is 10.6 Å². The van der Waals surface area contributed by atoms with E-state index in [1.807, 2.05) is 27.7 Å². The molecule has 2 N–H and O–H groups in total. The minimum atomic E-state index is -3.20. The standard InChI is InChI=1S/C17H34N4O4S/c1-8-18-14(19-9-10-26(23,24)17(5,6)7)20-13-11-21(12-13)15(22)25-16(2,3)4/h13H,8-12H2,1-7H3,(H2,18,19,20). The van der Waals surface area contributed by atoms with Crippen molar-refractivity contribution < 1.29 is 17.9 Å². The molecule has 0 aromatic rings.